The number of piperidine rings is 1. The molecular weight excluding hydrogens is 240 g/mol. The van der Waals surface area contributed by atoms with Crippen molar-refractivity contribution in [3.63, 3.8) is 0 Å². The SMILES string of the molecule is O=C1CCC(NC(=O)c2ccc(=O)oc2)C(=O)N1. The second kappa shape index (κ2) is 4.82. The summed E-state index contributed by atoms with van der Waals surface area (Å²) in [5, 5.41) is 4.59. The first-order valence-corrected chi connectivity index (χ1v) is 5.29. The summed E-state index contributed by atoms with van der Waals surface area (Å²) in [6, 6.07) is 1.66. The molecule has 2 rings (SSSR count). The summed E-state index contributed by atoms with van der Waals surface area (Å²) in [7, 11) is 0. The lowest BCUT2D eigenvalue weighted by Gasteiger charge is -2.21. The Morgan fingerprint density at radius 3 is 2.72 bits per heavy atom. The van der Waals surface area contributed by atoms with Crippen LogP contribution in [0.15, 0.2) is 27.6 Å². The van der Waals surface area contributed by atoms with Crippen molar-refractivity contribution in [2.24, 2.45) is 0 Å². The van der Waals surface area contributed by atoms with Gasteiger partial charge in [-0.15, -0.1) is 0 Å². The Labute approximate surface area is 101 Å². The topological polar surface area (TPSA) is 105 Å². The van der Waals surface area contributed by atoms with E-state index in [2.05, 4.69) is 15.1 Å². The summed E-state index contributed by atoms with van der Waals surface area (Å²) >= 11 is 0. The van der Waals surface area contributed by atoms with Crippen molar-refractivity contribution in [2.45, 2.75) is 18.9 Å². The van der Waals surface area contributed by atoms with Crippen LogP contribution in [-0.4, -0.2) is 23.8 Å². The molecule has 0 bridgehead atoms. The van der Waals surface area contributed by atoms with Gasteiger partial charge >= 0.3 is 5.63 Å². The minimum Gasteiger partial charge on any atom is -0.430 e. The van der Waals surface area contributed by atoms with Gasteiger partial charge in [0.05, 0.1) is 5.56 Å². The van der Waals surface area contributed by atoms with Crippen molar-refractivity contribution < 1.29 is 18.8 Å². The fraction of sp³-hybridized carbons (Fsp3) is 0.273. The third kappa shape index (κ3) is 2.62. The van der Waals surface area contributed by atoms with Gasteiger partial charge in [0, 0.05) is 12.5 Å². The molecule has 7 heteroatoms. The van der Waals surface area contributed by atoms with E-state index >= 15 is 0 Å². The Kier molecular flexibility index (Phi) is 3.22. The van der Waals surface area contributed by atoms with Crippen LogP contribution in [0.2, 0.25) is 0 Å². The molecule has 2 N–H and O–H groups in total. The molecule has 0 aromatic carbocycles. The lowest BCUT2D eigenvalue weighted by Crippen LogP contribution is -2.52. The van der Waals surface area contributed by atoms with Crippen LogP contribution in [-0.2, 0) is 9.59 Å². The molecule has 94 valence electrons. The van der Waals surface area contributed by atoms with Crippen LogP contribution in [0.1, 0.15) is 23.2 Å². The lowest BCUT2D eigenvalue weighted by molar-refractivity contribution is -0.134. The minimum absolute atomic E-state index is 0.138. The second-order valence-electron chi connectivity index (χ2n) is 3.82. The average molecular weight is 250 g/mol. The summed E-state index contributed by atoms with van der Waals surface area (Å²) < 4.78 is 4.54. The molecule has 1 fully saturated rings. The standard InChI is InChI=1S/C11H10N2O5/c14-8-3-2-7(11(17)13-8)12-10(16)6-1-4-9(15)18-5-6/h1,4-5,7H,2-3H2,(H,12,16)(H,13,14,17). The van der Waals surface area contributed by atoms with Crippen molar-refractivity contribution in [3.05, 3.63) is 34.4 Å². The zero-order valence-corrected chi connectivity index (χ0v) is 9.26. The van der Waals surface area contributed by atoms with Crippen molar-refractivity contribution in [3.8, 4) is 0 Å². The zero-order valence-electron chi connectivity index (χ0n) is 9.26. The molecule has 1 unspecified atom stereocenters. The smallest absolute Gasteiger partial charge is 0.335 e. The summed E-state index contributed by atoms with van der Waals surface area (Å²) in [6.45, 7) is 0. The van der Waals surface area contributed by atoms with Gasteiger partial charge in [0.25, 0.3) is 5.91 Å². The maximum atomic E-state index is 11.7. The number of carbonyl (C=O) groups excluding carboxylic acids is 3. The van der Waals surface area contributed by atoms with Crippen LogP contribution >= 0.6 is 0 Å². The first-order chi connectivity index (χ1) is 8.56. The van der Waals surface area contributed by atoms with Crippen molar-refractivity contribution in [1.29, 1.82) is 0 Å². The number of rotatable bonds is 2. The summed E-state index contributed by atoms with van der Waals surface area (Å²) in [5.74, 6) is -1.42. The van der Waals surface area contributed by atoms with Gasteiger partial charge < -0.3 is 9.73 Å². The quantitative estimate of drug-likeness (QED) is 0.667. The van der Waals surface area contributed by atoms with Crippen LogP contribution in [0.4, 0.5) is 0 Å². The van der Waals surface area contributed by atoms with E-state index in [1.54, 1.807) is 0 Å². The normalized spacial score (nSPS) is 19.2. The highest BCUT2D eigenvalue weighted by atomic mass is 16.4. The van der Waals surface area contributed by atoms with Gasteiger partial charge in [-0.3, -0.25) is 19.7 Å². The van der Waals surface area contributed by atoms with Crippen LogP contribution in [0.25, 0.3) is 0 Å². The van der Waals surface area contributed by atoms with E-state index in [1.165, 1.54) is 6.07 Å². The second-order valence-corrected chi connectivity index (χ2v) is 3.82. The molecule has 3 amide bonds. The first kappa shape index (κ1) is 12.0. The number of hydrogen-bond acceptors (Lipinski definition) is 5. The van der Waals surface area contributed by atoms with Crippen LogP contribution in [0.3, 0.4) is 0 Å². The van der Waals surface area contributed by atoms with Gasteiger partial charge in [-0.1, -0.05) is 0 Å². The van der Waals surface area contributed by atoms with Gasteiger partial charge in [0.2, 0.25) is 11.8 Å². The van der Waals surface area contributed by atoms with Gasteiger partial charge in [-0.2, -0.15) is 0 Å². The van der Waals surface area contributed by atoms with E-state index in [1.807, 2.05) is 0 Å². The Morgan fingerprint density at radius 1 is 1.33 bits per heavy atom. The largest absolute Gasteiger partial charge is 0.430 e. The van der Waals surface area contributed by atoms with E-state index in [4.69, 9.17) is 0 Å². The highest BCUT2D eigenvalue weighted by Crippen LogP contribution is 2.05. The molecule has 1 aliphatic rings. The molecule has 2 heterocycles. The van der Waals surface area contributed by atoms with Crippen LogP contribution in [0.5, 0.6) is 0 Å². The number of imide groups is 1. The van der Waals surface area contributed by atoms with Crippen molar-refractivity contribution in [1.82, 2.24) is 10.6 Å². The molecule has 0 spiro atoms. The molecule has 1 saturated heterocycles. The highest BCUT2D eigenvalue weighted by Gasteiger charge is 2.28. The predicted molar refractivity (Wildman–Crippen MR) is 58.6 cm³/mol. The Balaban J connectivity index is 2.03. The van der Waals surface area contributed by atoms with Crippen LogP contribution < -0.4 is 16.3 Å². The molecule has 1 atom stereocenters. The van der Waals surface area contributed by atoms with Gasteiger partial charge in [-0.25, -0.2) is 4.79 Å². The molecule has 18 heavy (non-hydrogen) atoms. The number of amides is 3. The Bertz CT molecular complexity index is 542. The Hall–Kier alpha value is -2.44. The fourth-order valence-corrected chi connectivity index (χ4v) is 1.56. The van der Waals surface area contributed by atoms with E-state index in [0.29, 0.717) is 0 Å². The van der Waals surface area contributed by atoms with E-state index in [0.717, 1.165) is 12.3 Å². The molecule has 1 aromatic rings. The van der Waals surface area contributed by atoms with Gasteiger partial charge in [0.1, 0.15) is 12.3 Å². The highest BCUT2D eigenvalue weighted by molar-refractivity contribution is 6.03. The van der Waals surface area contributed by atoms with Crippen LogP contribution in [0, 0.1) is 0 Å². The zero-order chi connectivity index (χ0) is 13.1. The number of nitrogens with one attached hydrogen (secondary N) is 2. The first-order valence-electron chi connectivity index (χ1n) is 5.29. The third-order valence-electron chi connectivity index (χ3n) is 2.51. The van der Waals surface area contributed by atoms with Crippen molar-refractivity contribution in [2.75, 3.05) is 0 Å². The van der Waals surface area contributed by atoms with E-state index in [9.17, 15) is 19.2 Å². The molecule has 7 nitrogen and oxygen atoms in total. The molecule has 0 aliphatic carbocycles. The number of hydrogen-bond donors (Lipinski definition) is 2. The Morgan fingerprint density at radius 2 is 2.11 bits per heavy atom. The molecule has 0 radical (unpaired) electrons. The van der Waals surface area contributed by atoms with E-state index < -0.39 is 23.5 Å². The van der Waals surface area contributed by atoms with Gasteiger partial charge in [0.15, 0.2) is 0 Å². The molecule has 1 aromatic heterocycles. The average Bonchev–Trinajstić information content (AvgIpc) is 2.33. The van der Waals surface area contributed by atoms with Gasteiger partial charge in [-0.05, 0) is 12.5 Å². The maximum Gasteiger partial charge on any atom is 0.335 e. The fourth-order valence-electron chi connectivity index (χ4n) is 1.56. The maximum absolute atomic E-state index is 11.7. The molecule has 1 aliphatic heterocycles. The molecule has 0 saturated carbocycles. The number of carbonyl (C=O) groups is 3. The molecular formula is C11H10N2O5. The summed E-state index contributed by atoms with van der Waals surface area (Å²) in [5.41, 5.74) is -0.424. The summed E-state index contributed by atoms with van der Waals surface area (Å²) in [6.07, 6.45) is 1.46. The summed E-state index contributed by atoms with van der Waals surface area (Å²) in [4.78, 5) is 44.8. The van der Waals surface area contributed by atoms with E-state index in [-0.39, 0.29) is 24.3 Å². The predicted octanol–water partition coefficient (Wildman–Crippen LogP) is -0.825. The minimum atomic E-state index is -0.748. The third-order valence-corrected chi connectivity index (χ3v) is 2.51. The monoisotopic (exact) mass is 250 g/mol. The van der Waals surface area contributed by atoms with Crippen molar-refractivity contribution >= 4 is 17.7 Å². The lowest BCUT2D eigenvalue weighted by atomic mass is 10.1.